The van der Waals surface area contributed by atoms with Gasteiger partial charge in [-0.15, -0.1) is 0 Å². The fourth-order valence-corrected chi connectivity index (χ4v) is 1.52. The topological polar surface area (TPSA) is 76.0 Å². The van der Waals surface area contributed by atoms with Crippen LogP contribution in [0.15, 0.2) is 18.2 Å². The number of carboxylic acid groups (broad SMARTS) is 1. The summed E-state index contributed by atoms with van der Waals surface area (Å²) in [6, 6.07) is 5.17. The Bertz CT molecular complexity index is 388. The molecule has 1 aromatic carbocycles. The van der Waals surface area contributed by atoms with Gasteiger partial charge < -0.3 is 19.7 Å². The van der Waals surface area contributed by atoms with Gasteiger partial charge >= 0.3 is 5.97 Å². The van der Waals surface area contributed by atoms with Gasteiger partial charge in [0.1, 0.15) is 0 Å². The van der Waals surface area contributed by atoms with Crippen LogP contribution in [-0.2, 0) is 11.2 Å². The number of benzene rings is 1. The summed E-state index contributed by atoms with van der Waals surface area (Å²) in [5.41, 5.74) is 0.605. The first-order valence-electron chi connectivity index (χ1n) is 5.29. The van der Waals surface area contributed by atoms with E-state index in [2.05, 4.69) is 0 Å². The summed E-state index contributed by atoms with van der Waals surface area (Å²) in [6.45, 7) is 2.33. The molecule has 0 bridgehead atoms. The summed E-state index contributed by atoms with van der Waals surface area (Å²) < 4.78 is 10.5. The second-order valence-corrected chi connectivity index (χ2v) is 3.44. The number of aliphatic hydroxyl groups excluding tert-OH is 1. The molecule has 1 rings (SSSR count). The van der Waals surface area contributed by atoms with Crippen molar-refractivity contribution in [3.05, 3.63) is 23.8 Å². The highest BCUT2D eigenvalue weighted by Gasteiger charge is 2.18. The first-order valence-corrected chi connectivity index (χ1v) is 5.29. The first-order chi connectivity index (χ1) is 8.10. The molecule has 0 saturated heterocycles. The number of carboxylic acids is 1. The van der Waals surface area contributed by atoms with Crippen molar-refractivity contribution in [2.45, 2.75) is 19.4 Å². The number of rotatable bonds is 6. The monoisotopic (exact) mass is 240 g/mol. The second-order valence-electron chi connectivity index (χ2n) is 3.44. The van der Waals surface area contributed by atoms with Crippen molar-refractivity contribution in [3.63, 3.8) is 0 Å². The third kappa shape index (κ3) is 3.35. The Morgan fingerprint density at radius 3 is 2.71 bits per heavy atom. The average Bonchev–Trinajstić information content (AvgIpc) is 2.29. The van der Waals surface area contributed by atoms with Gasteiger partial charge in [0.05, 0.1) is 13.7 Å². The molecule has 1 aromatic rings. The van der Waals surface area contributed by atoms with Crippen molar-refractivity contribution < 1.29 is 24.5 Å². The maximum Gasteiger partial charge on any atom is 0.332 e. The normalized spacial score (nSPS) is 11.9. The number of aliphatic hydroxyl groups is 1. The molecule has 5 heteroatoms. The molecular weight excluding hydrogens is 224 g/mol. The summed E-state index contributed by atoms with van der Waals surface area (Å²) in [7, 11) is 1.48. The molecule has 0 heterocycles. The Hall–Kier alpha value is -1.75. The van der Waals surface area contributed by atoms with Crippen molar-refractivity contribution >= 4 is 5.97 Å². The van der Waals surface area contributed by atoms with E-state index >= 15 is 0 Å². The molecule has 5 nitrogen and oxygen atoms in total. The van der Waals surface area contributed by atoms with Gasteiger partial charge in [0.25, 0.3) is 0 Å². The van der Waals surface area contributed by atoms with E-state index in [0.717, 1.165) is 0 Å². The van der Waals surface area contributed by atoms with E-state index in [1.807, 2.05) is 6.92 Å². The fourth-order valence-electron chi connectivity index (χ4n) is 1.52. The third-order valence-electron chi connectivity index (χ3n) is 2.26. The van der Waals surface area contributed by atoms with Gasteiger partial charge in [0, 0.05) is 12.0 Å². The number of para-hydroxylation sites is 1. The highest BCUT2D eigenvalue weighted by molar-refractivity contribution is 5.72. The molecule has 94 valence electrons. The number of aliphatic carboxylic acids is 1. The van der Waals surface area contributed by atoms with Gasteiger partial charge in [0.2, 0.25) is 0 Å². The molecule has 0 radical (unpaired) electrons. The molecule has 2 N–H and O–H groups in total. The maximum absolute atomic E-state index is 10.6. The molecule has 0 aliphatic rings. The summed E-state index contributed by atoms with van der Waals surface area (Å²) in [4.78, 5) is 10.6. The zero-order valence-corrected chi connectivity index (χ0v) is 9.84. The van der Waals surface area contributed by atoms with Crippen molar-refractivity contribution in [1.29, 1.82) is 0 Å². The Labute approximate surface area is 99.6 Å². The van der Waals surface area contributed by atoms with Crippen LogP contribution in [-0.4, -0.2) is 36.0 Å². The highest BCUT2D eigenvalue weighted by atomic mass is 16.5. The molecule has 0 aliphatic heterocycles. The molecule has 0 amide bonds. The van der Waals surface area contributed by atoms with E-state index in [0.29, 0.717) is 23.7 Å². The molecule has 0 aromatic heterocycles. The minimum absolute atomic E-state index is 0.0145. The minimum Gasteiger partial charge on any atom is -0.493 e. The smallest absolute Gasteiger partial charge is 0.332 e. The lowest BCUT2D eigenvalue weighted by Gasteiger charge is -2.14. The molecule has 0 aliphatic carbocycles. The van der Waals surface area contributed by atoms with Crippen LogP contribution in [0.3, 0.4) is 0 Å². The highest BCUT2D eigenvalue weighted by Crippen LogP contribution is 2.31. The molecule has 1 atom stereocenters. The van der Waals surface area contributed by atoms with Crippen LogP contribution < -0.4 is 9.47 Å². The first kappa shape index (κ1) is 13.3. The van der Waals surface area contributed by atoms with Crippen LogP contribution in [0.4, 0.5) is 0 Å². The van der Waals surface area contributed by atoms with Crippen molar-refractivity contribution in [3.8, 4) is 11.5 Å². The Balaban J connectivity index is 2.98. The van der Waals surface area contributed by atoms with Crippen molar-refractivity contribution in [1.82, 2.24) is 0 Å². The standard InChI is InChI=1S/C12H16O5/c1-3-17-10-6-4-5-8(11(10)16-2)7-9(13)12(14)15/h4-6,9,13H,3,7H2,1-2H3,(H,14,15). The van der Waals surface area contributed by atoms with E-state index < -0.39 is 12.1 Å². The van der Waals surface area contributed by atoms with Gasteiger partial charge in [-0.1, -0.05) is 12.1 Å². The summed E-state index contributed by atoms with van der Waals surface area (Å²) in [5.74, 6) is -0.242. The number of carbonyl (C=O) groups is 1. The predicted molar refractivity (Wildman–Crippen MR) is 61.5 cm³/mol. The lowest BCUT2D eigenvalue weighted by Crippen LogP contribution is -2.22. The van der Waals surface area contributed by atoms with Gasteiger partial charge in [-0.3, -0.25) is 0 Å². The van der Waals surface area contributed by atoms with Crippen LogP contribution >= 0.6 is 0 Å². The molecule has 0 spiro atoms. The van der Waals surface area contributed by atoms with Crippen LogP contribution in [0.1, 0.15) is 12.5 Å². The van der Waals surface area contributed by atoms with Crippen molar-refractivity contribution in [2.75, 3.05) is 13.7 Å². The molecule has 17 heavy (non-hydrogen) atoms. The van der Waals surface area contributed by atoms with Crippen LogP contribution in [0.5, 0.6) is 11.5 Å². The minimum atomic E-state index is -1.44. The summed E-state index contributed by atoms with van der Waals surface area (Å²) in [5, 5.41) is 18.0. The van der Waals surface area contributed by atoms with Gasteiger partial charge in [-0.25, -0.2) is 4.79 Å². The van der Waals surface area contributed by atoms with Gasteiger partial charge in [0.15, 0.2) is 17.6 Å². The number of ether oxygens (including phenoxy) is 2. The van der Waals surface area contributed by atoms with E-state index in [-0.39, 0.29) is 6.42 Å². The lowest BCUT2D eigenvalue weighted by atomic mass is 10.1. The van der Waals surface area contributed by atoms with Crippen LogP contribution in [0, 0.1) is 0 Å². The van der Waals surface area contributed by atoms with Crippen LogP contribution in [0.2, 0.25) is 0 Å². The van der Waals surface area contributed by atoms with Crippen molar-refractivity contribution in [2.24, 2.45) is 0 Å². The summed E-state index contributed by atoms with van der Waals surface area (Å²) in [6.07, 6.45) is -1.46. The van der Waals surface area contributed by atoms with E-state index in [1.54, 1.807) is 18.2 Å². The SMILES string of the molecule is CCOc1cccc(CC(O)C(=O)O)c1OC. The lowest BCUT2D eigenvalue weighted by molar-refractivity contribution is -0.146. The predicted octanol–water partition coefficient (Wildman–Crippen LogP) is 1.08. The second kappa shape index (κ2) is 6.10. The zero-order valence-electron chi connectivity index (χ0n) is 9.84. The Morgan fingerprint density at radius 2 is 2.18 bits per heavy atom. The molecule has 0 fully saturated rings. The molecular formula is C12H16O5. The Morgan fingerprint density at radius 1 is 1.47 bits per heavy atom. The summed E-state index contributed by atoms with van der Waals surface area (Å²) >= 11 is 0. The maximum atomic E-state index is 10.6. The largest absolute Gasteiger partial charge is 0.493 e. The third-order valence-corrected chi connectivity index (χ3v) is 2.26. The van der Waals surface area contributed by atoms with E-state index in [4.69, 9.17) is 14.6 Å². The zero-order chi connectivity index (χ0) is 12.8. The van der Waals surface area contributed by atoms with E-state index in [9.17, 15) is 9.90 Å². The average molecular weight is 240 g/mol. The molecule has 0 saturated carbocycles. The fraction of sp³-hybridized carbons (Fsp3) is 0.417. The van der Waals surface area contributed by atoms with E-state index in [1.165, 1.54) is 7.11 Å². The van der Waals surface area contributed by atoms with Gasteiger partial charge in [-0.2, -0.15) is 0 Å². The van der Waals surface area contributed by atoms with Gasteiger partial charge in [-0.05, 0) is 13.0 Å². The quantitative estimate of drug-likeness (QED) is 0.778. The number of methoxy groups -OCH3 is 1. The Kier molecular flexibility index (Phi) is 4.78. The number of hydrogen-bond acceptors (Lipinski definition) is 4. The number of hydrogen-bond donors (Lipinski definition) is 2. The van der Waals surface area contributed by atoms with Crippen LogP contribution in [0.25, 0.3) is 0 Å². The molecule has 1 unspecified atom stereocenters.